The maximum Gasteiger partial charge on any atom is 0.277 e. The molecule has 25 heavy (non-hydrogen) atoms. The fourth-order valence-corrected chi connectivity index (χ4v) is 2.35. The van der Waals surface area contributed by atoms with Gasteiger partial charge in [0.05, 0.1) is 21.3 Å². The smallest absolute Gasteiger partial charge is 0.277 e. The van der Waals surface area contributed by atoms with E-state index in [1.165, 1.54) is 13.8 Å². The molecular formula is C17H14N2O6. The zero-order valence-corrected chi connectivity index (χ0v) is 13.5. The minimum absolute atomic E-state index is 0.254. The summed E-state index contributed by atoms with van der Waals surface area (Å²) in [4.78, 5) is 45.7. The molecule has 2 aromatic rings. The van der Waals surface area contributed by atoms with E-state index in [0.717, 1.165) is 18.2 Å². The number of Topliss-reactive ketones (excluding diaryl/α,β-unsaturated/α-hetero) is 2. The third-order valence-electron chi connectivity index (χ3n) is 3.76. The third kappa shape index (κ3) is 3.57. The van der Waals surface area contributed by atoms with Crippen LogP contribution in [0.15, 0.2) is 48.5 Å². The molecule has 0 radical (unpaired) electrons. The van der Waals surface area contributed by atoms with Gasteiger partial charge in [0, 0.05) is 23.3 Å². The molecule has 0 unspecified atom stereocenters. The van der Waals surface area contributed by atoms with E-state index in [2.05, 4.69) is 0 Å². The van der Waals surface area contributed by atoms with Gasteiger partial charge in [-0.25, -0.2) is 0 Å². The Balaban J connectivity index is 2.50. The molecule has 2 aromatic carbocycles. The summed E-state index contributed by atoms with van der Waals surface area (Å²) >= 11 is 0. The molecule has 8 nitrogen and oxygen atoms in total. The number of non-ortho nitro benzene ring substituents is 2. The van der Waals surface area contributed by atoms with Crippen LogP contribution < -0.4 is 0 Å². The lowest BCUT2D eigenvalue weighted by Crippen LogP contribution is -2.33. The van der Waals surface area contributed by atoms with Crippen LogP contribution in [-0.2, 0) is 0 Å². The topological polar surface area (TPSA) is 120 Å². The average molecular weight is 342 g/mol. The lowest BCUT2D eigenvalue weighted by molar-refractivity contribution is -0.394. The Labute approximate surface area is 142 Å². The van der Waals surface area contributed by atoms with Crippen LogP contribution in [-0.4, -0.2) is 21.4 Å². The average Bonchev–Trinajstić information content (AvgIpc) is 2.60. The summed E-state index contributed by atoms with van der Waals surface area (Å²) in [5.74, 6) is -1.21. The molecule has 8 heteroatoms. The number of carbonyl (C=O) groups excluding carboxylic acids is 2. The monoisotopic (exact) mass is 342 g/mol. The van der Waals surface area contributed by atoms with Gasteiger partial charge in [0.2, 0.25) is 0 Å². The maximum absolute atomic E-state index is 12.8. The number of hydrogen-bond acceptors (Lipinski definition) is 6. The predicted octanol–water partition coefficient (Wildman–Crippen LogP) is 3.59. The summed E-state index contributed by atoms with van der Waals surface area (Å²) in [6, 6.07) is 10.8. The standard InChI is InChI=1S/C17H14N2O6/c1-17(2,15(20)11-6-4-3-5-7-11)16(21)12-8-13(18(22)23)10-14(9-12)19(24)25/h3-10H,1-2H3. The molecule has 0 aliphatic heterocycles. The van der Waals surface area contributed by atoms with Crippen molar-refractivity contribution in [1.82, 2.24) is 0 Å². The van der Waals surface area contributed by atoms with Gasteiger partial charge >= 0.3 is 0 Å². The van der Waals surface area contributed by atoms with Crippen molar-refractivity contribution in [2.45, 2.75) is 13.8 Å². The first-order valence-electron chi connectivity index (χ1n) is 7.23. The fraction of sp³-hybridized carbons (Fsp3) is 0.176. The summed E-state index contributed by atoms with van der Waals surface area (Å²) < 4.78 is 0. The van der Waals surface area contributed by atoms with E-state index in [9.17, 15) is 29.8 Å². The highest BCUT2D eigenvalue weighted by Gasteiger charge is 2.38. The van der Waals surface area contributed by atoms with Gasteiger partial charge in [0.1, 0.15) is 0 Å². The fourth-order valence-electron chi connectivity index (χ4n) is 2.35. The van der Waals surface area contributed by atoms with Gasteiger partial charge < -0.3 is 0 Å². The van der Waals surface area contributed by atoms with Crippen LogP contribution in [0.4, 0.5) is 11.4 Å². The maximum atomic E-state index is 12.8. The van der Waals surface area contributed by atoms with Gasteiger partial charge in [0.25, 0.3) is 11.4 Å². The Kier molecular flexibility index (Phi) is 4.73. The Morgan fingerprint density at radius 3 is 1.68 bits per heavy atom. The molecule has 128 valence electrons. The molecule has 0 N–H and O–H groups in total. The zero-order chi connectivity index (χ0) is 18.8. The molecular weight excluding hydrogens is 328 g/mol. The highest BCUT2D eigenvalue weighted by atomic mass is 16.6. The quantitative estimate of drug-likeness (QED) is 0.342. The molecule has 0 aromatic heterocycles. The molecule has 0 heterocycles. The number of hydrogen-bond donors (Lipinski definition) is 0. The molecule has 0 amide bonds. The Bertz CT molecular complexity index is 842. The second kappa shape index (κ2) is 6.60. The SMILES string of the molecule is CC(C)(C(=O)c1ccccc1)C(=O)c1cc([N+](=O)[O-])cc([N+](=O)[O-])c1. The second-order valence-corrected chi connectivity index (χ2v) is 5.90. The van der Waals surface area contributed by atoms with Crippen molar-refractivity contribution in [2.24, 2.45) is 5.41 Å². The molecule has 0 fully saturated rings. The Morgan fingerprint density at radius 1 is 0.800 bits per heavy atom. The van der Waals surface area contributed by atoms with E-state index in [1.807, 2.05) is 0 Å². The van der Waals surface area contributed by atoms with Crippen molar-refractivity contribution in [2.75, 3.05) is 0 Å². The van der Waals surface area contributed by atoms with E-state index in [0.29, 0.717) is 5.56 Å². The number of rotatable bonds is 6. The molecule has 0 aliphatic rings. The van der Waals surface area contributed by atoms with E-state index < -0.39 is 38.2 Å². The Morgan fingerprint density at radius 2 is 1.24 bits per heavy atom. The van der Waals surface area contributed by atoms with Gasteiger partial charge in [-0.2, -0.15) is 0 Å². The minimum Gasteiger partial charge on any atom is -0.293 e. The predicted molar refractivity (Wildman–Crippen MR) is 88.6 cm³/mol. The van der Waals surface area contributed by atoms with Crippen LogP contribution in [0, 0.1) is 25.6 Å². The van der Waals surface area contributed by atoms with Crippen molar-refractivity contribution >= 4 is 22.9 Å². The van der Waals surface area contributed by atoms with Crippen molar-refractivity contribution < 1.29 is 19.4 Å². The van der Waals surface area contributed by atoms with Crippen LogP contribution in [0.5, 0.6) is 0 Å². The van der Waals surface area contributed by atoms with Gasteiger partial charge in [-0.15, -0.1) is 0 Å². The van der Waals surface area contributed by atoms with E-state index in [1.54, 1.807) is 30.3 Å². The minimum atomic E-state index is -1.54. The largest absolute Gasteiger partial charge is 0.293 e. The molecule has 0 saturated heterocycles. The van der Waals surface area contributed by atoms with E-state index in [-0.39, 0.29) is 5.56 Å². The normalized spacial score (nSPS) is 11.0. The highest BCUT2D eigenvalue weighted by molar-refractivity contribution is 6.19. The summed E-state index contributed by atoms with van der Waals surface area (Å²) in [5, 5.41) is 21.9. The number of nitro benzene ring substituents is 2. The van der Waals surface area contributed by atoms with Crippen molar-refractivity contribution in [1.29, 1.82) is 0 Å². The van der Waals surface area contributed by atoms with Crippen LogP contribution >= 0.6 is 0 Å². The van der Waals surface area contributed by atoms with Gasteiger partial charge in [-0.3, -0.25) is 29.8 Å². The lowest BCUT2D eigenvalue weighted by Gasteiger charge is -2.21. The van der Waals surface area contributed by atoms with Crippen LogP contribution in [0.1, 0.15) is 34.6 Å². The second-order valence-electron chi connectivity index (χ2n) is 5.90. The van der Waals surface area contributed by atoms with Crippen molar-refractivity contribution in [3.63, 3.8) is 0 Å². The van der Waals surface area contributed by atoms with Crippen molar-refractivity contribution in [3.05, 3.63) is 79.9 Å². The summed E-state index contributed by atoms with van der Waals surface area (Å²) in [6.45, 7) is 2.77. The molecule has 0 bridgehead atoms. The molecule has 0 aliphatic carbocycles. The molecule has 0 spiro atoms. The number of ketones is 2. The summed E-state index contributed by atoms with van der Waals surface area (Å²) in [6.07, 6.45) is 0. The number of nitro groups is 2. The Hall–Kier alpha value is -3.42. The van der Waals surface area contributed by atoms with Gasteiger partial charge in [-0.1, -0.05) is 30.3 Å². The van der Waals surface area contributed by atoms with Crippen LogP contribution in [0.3, 0.4) is 0 Å². The molecule has 0 saturated carbocycles. The first-order chi connectivity index (χ1) is 11.6. The van der Waals surface area contributed by atoms with Gasteiger partial charge in [-0.05, 0) is 13.8 Å². The van der Waals surface area contributed by atoms with Crippen LogP contribution in [0.2, 0.25) is 0 Å². The molecule has 0 atom stereocenters. The highest BCUT2D eigenvalue weighted by Crippen LogP contribution is 2.31. The summed E-state index contributed by atoms with van der Waals surface area (Å²) in [5.41, 5.74) is -2.65. The molecule has 2 rings (SSSR count). The number of carbonyl (C=O) groups is 2. The van der Waals surface area contributed by atoms with E-state index >= 15 is 0 Å². The van der Waals surface area contributed by atoms with E-state index in [4.69, 9.17) is 0 Å². The summed E-state index contributed by atoms with van der Waals surface area (Å²) in [7, 11) is 0. The zero-order valence-electron chi connectivity index (χ0n) is 13.5. The van der Waals surface area contributed by atoms with Gasteiger partial charge in [0.15, 0.2) is 11.6 Å². The number of benzene rings is 2. The van der Waals surface area contributed by atoms with Crippen LogP contribution in [0.25, 0.3) is 0 Å². The first-order valence-corrected chi connectivity index (χ1v) is 7.23. The number of nitrogens with zero attached hydrogens (tertiary/aromatic N) is 2. The lowest BCUT2D eigenvalue weighted by atomic mass is 9.77. The van der Waals surface area contributed by atoms with Crippen molar-refractivity contribution in [3.8, 4) is 0 Å². The third-order valence-corrected chi connectivity index (χ3v) is 3.76. The first kappa shape index (κ1) is 17.9.